The van der Waals surface area contributed by atoms with Gasteiger partial charge in [-0.15, -0.1) is 0 Å². The fourth-order valence-corrected chi connectivity index (χ4v) is 4.08. The van der Waals surface area contributed by atoms with Gasteiger partial charge < -0.3 is 5.32 Å². The molecule has 9 heteroatoms. The van der Waals surface area contributed by atoms with Crippen molar-refractivity contribution in [2.75, 3.05) is 15.9 Å². The predicted molar refractivity (Wildman–Crippen MR) is 103 cm³/mol. The number of aryl methyl sites for hydroxylation is 1. The molecule has 5 nitrogen and oxygen atoms in total. The van der Waals surface area contributed by atoms with E-state index < -0.39 is 33.6 Å². The Morgan fingerprint density at radius 3 is 2.41 bits per heavy atom. The van der Waals surface area contributed by atoms with Crippen LogP contribution in [0.2, 0.25) is 5.02 Å². The Morgan fingerprint density at radius 1 is 1.19 bits per heavy atom. The van der Waals surface area contributed by atoms with Gasteiger partial charge in [0.15, 0.2) is 11.6 Å². The number of carbonyl (C=O) groups excluding carboxylic acids is 1. The highest BCUT2D eigenvalue weighted by Crippen LogP contribution is 2.29. The summed E-state index contributed by atoms with van der Waals surface area (Å²) in [6, 6.07) is 6.52. The summed E-state index contributed by atoms with van der Waals surface area (Å²) in [4.78, 5) is 12.7. The van der Waals surface area contributed by atoms with Crippen LogP contribution in [0.25, 0.3) is 0 Å². The van der Waals surface area contributed by atoms with Crippen molar-refractivity contribution in [2.24, 2.45) is 0 Å². The second-order valence-corrected chi connectivity index (χ2v) is 8.33. The normalized spacial score (nSPS) is 12.5. The molecule has 0 unspecified atom stereocenters. The fourth-order valence-electron chi connectivity index (χ4n) is 2.65. The lowest BCUT2D eigenvalue weighted by molar-refractivity contribution is -0.117. The van der Waals surface area contributed by atoms with Gasteiger partial charge in [-0.1, -0.05) is 24.6 Å². The van der Waals surface area contributed by atoms with Crippen molar-refractivity contribution in [1.82, 2.24) is 0 Å². The summed E-state index contributed by atoms with van der Waals surface area (Å²) >= 11 is 6.00. The Labute approximate surface area is 162 Å². The average Bonchev–Trinajstić information content (AvgIpc) is 2.57. The van der Waals surface area contributed by atoms with Crippen LogP contribution in [-0.4, -0.2) is 26.6 Å². The molecule has 0 bridgehead atoms. The molecule has 0 fully saturated rings. The molecule has 0 heterocycles. The molecule has 1 N–H and O–H groups in total. The average molecular weight is 417 g/mol. The van der Waals surface area contributed by atoms with Crippen LogP contribution in [0.3, 0.4) is 0 Å². The second kappa shape index (κ2) is 8.22. The molecule has 27 heavy (non-hydrogen) atoms. The lowest BCUT2D eigenvalue weighted by Crippen LogP contribution is -2.47. The minimum Gasteiger partial charge on any atom is -0.324 e. The molecule has 1 atom stereocenters. The van der Waals surface area contributed by atoms with Gasteiger partial charge in [0.05, 0.1) is 11.9 Å². The van der Waals surface area contributed by atoms with Crippen molar-refractivity contribution < 1.29 is 22.0 Å². The molecule has 0 spiro atoms. The van der Waals surface area contributed by atoms with E-state index in [1.54, 1.807) is 26.0 Å². The molecular formula is C18H19ClF2N2O3S. The minimum absolute atomic E-state index is 0.0219. The number of benzene rings is 2. The van der Waals surface area contributed by atoms with Crippen LogP contribution < -0.4 is 9.62 Å². The van der Waals surface area contributed by atoms with Gasteiger partial charge >= 0.3 is 0 Å². The second-order valence-electron chi connectivity index (χ2n) is 6.03. The monoisotopic (exact) mass is 416 g/mol. The van der Waals surface area contributed by atoms with Gasteiger partial charge in [-0.2, -0.15) is 0 Å². The van der Waals surface area contributed by atoms with E-state index >= 15 is 0 Å². The summed E-state index contributed by atoms with van der Waals surface area (Å²) in [5, 5.41) is 2.75. The van der Waals surface area contributed by atoms with E-state index in [0.29, 0.717) is 10.6 Å². The first-order valence-electron chi connectivity index (χ1n) is 8.06. The molecule has 0 radical (unpaired) electrons. The van der Waals surface area contributed by atoms with Crippen LogP contribution >= 0.6 is 11.6 Å². The zero-order valence-electron chi connectivity index (χ0n) is 15.0. The van der Waals surface area contributed by atoms with E-state index in [1.807, 2.05) is 0 Å². The van der Waals surface area contributed by atoms with E-state index in [2.05, 4.69) is 5.32 Å². The maximum Gasteiger partial charge on any atom is 0.248 e. The number of amides is 1. The van der Waals surface area contributed by atoms with Gasteiger partial charge in [-0.3, -0.25) is 9.10 Å². The number of halogens is 3. The Hall–Kier alpha value is -2.19. The molecular weight excluding hydrogens is 398 g/mol. The summed E-state index contributed by atoms with van der Waals surface area (Å²) in [7, 11) is -3.84. The lowest BCUT2D eigenvalue weighted by atomic mass is 10.1. The van der Waals surface area contributed by atoms with Gasteiger partial charge in [0.25, 0.3) is 0 Å². The minimum atomic E-state index is -3.84. The Bertz CT molecular complexity index is 967. The summed E-state index contributed by atoms with van der Waals surface area (Å²) in [5.74, 6) is -2.84. The van der Waals surface area contributed by atoms with Gasteiger partial charge in [0.2, 0.25) is 15.9 Å². The van der Waals surface area contributed by atoms with Gasteiger partial charge in [-0.25, -0.2) is 17.2 Å². The van der Waals surface area contributed by atoms with Crippen molar-refractivity contribution in [1.29, 1.82) is 0 Å². The van der Waals surface area contributed by atoms with Crippen LogP contribution in [-0.2, 0) is 14.8 Å². The molecule has 146 valence electrons. The maximum absolute atomic E-state index is 13.4. The van der Waals surface area contributed by atoms with E-state index in [1.165, 1.54) is 12.1 Å². The highest BCUT2D eigenvalue weighted by atomic mass is 35.5. The van der Waals surface area contributed by atoms with Gasteiger partial charge in [-0.05, 0) is 43.2 Å². The predicted octanol–water partition coefficient (Wildman–Crippen LogP) is 4.11. The van der Waals surface area contributed by atoms with Crippen molar-refractivity contribution in [3.05, 3.63) is 58.6 Å². The van der Waals surface area contributed by atoms with Crippen molar-refractivity contribution >= 4 is 38.9 Å². The number of sulfonamides is 1. The topological polar surface area (TPSA) is 66.5 Å². The van der Waals surface area contributed by atoms with Crippen molar-refractivity contribution in [3.8, 4) is 0 Å². The summed E-state index contributed by atoms with van der Waals surface area (Å²) in [6.07, 6.45) is 1.13. The molecule has 2 aromatic carbocycles. The van der Waals surface area contributed by atoms with Crippen molar-refractivity contribution in [3.63, 3.8) is 0 Å². The van der Waals surface area contributed by atoms with Crippen LogP contribution in [0.5, 0.6) is 0 Å². The first kappa shape index (κ1) is 21.1. The molecule has 0 saturated carbocycles. The molecule has 0 aliphatic rings. The van der Waals surface area contributed by atoms with E-state index in [-0.39, 0.29) is 17.8 Å². The SMILES string of the molecule is CC[C@H](C(=O)Nc1ccc(F)c(F)c1)N(c1cc(Cl)ccc1C)S(C)(=O)=O. The highest BCUT2D eigenvalue weighted by Gasteiger charge is 2.32. The molecule has 0 saturated heterocycles. The molecule has 0 aromatic heterocycles. The maximum atomic E-state index is 13.4. The quantitative estimate of drug-likeness (QED) is 0.770. The summed E-state index contributed by atoms with van der Waals surface area (Å²) < 4.78 is 52.3. The number of rotatable bonds is 6. The molecule has 1 amide bonds. The lowest BCUT2D eigenvalue weighted by Gasteiger charge is -2.31. The first-order valence-corrected chi connectivity index (χ1v) is 10.3. The largest absolute Gasteiger partial charge is 0.324 e. The van der Waals surface area contributed by atoms with E-state index in [0.717, 1.165) is 22.7 Å². The first-order chi connectivity index (χ1) is 12.5. The van der Waals surface area contributed by atoms with Crippen LogP contribution in [0.4, 0.5) is 20.2 Å². The number of carbonyl (C=O) groups is 1. The molecule has 0 aliphatic carbocycles. The third-order valence-electron chi connectivity index (χ3n) is 3.93. The number of hydrogen-bond donors (Lipinski definition) is 1. The van der Waals surface area contributed by atoms with Gasteiger partial charge in [0.1, 0.15) is 6.04 Å². The van der Waals surface area contributed by atoms with Crippen LogP contribution in [0.1, 0.15) is 18.9 Å². The summed E-state index contributed by atoms with van der Waals surface area (Å²) in [6.45, 7) is 3.34. The fraction of sp³-hybridized carbons (Fsp3) is 0.278. The Morgan fingerprint density at radius 2 is 1.85 bits per heavy atom. The standard InChI is InChI=1S/C18H19ClF2N2O3S/c1-4-16(18(24)22-13-7-8-14(20)15(21)10-13)23(27(3,25)26)17-9-12(19)6-5-11(17)2/h5-10,16H,4H2,1-3H3,(H,22,24)/t16-/m1/s1. The van der Waals surface area contributed by atoms with Gasteiger partial charge in [0, 0.05) is 16.8 Å². The molecule has 0 aliphatic heterocycles. The molecule has 2 aromatic rings. The molecule has 2 rings (SSSR count). The Kier molecular flexibility index (Phi) is 6.43. The smallest absolute Gasteiger partial charge is 0.248 e. The number of hydrogen-bond acceptors (Lipinski definition) is 3. The number of nitrogens with one attached hydrogen (secondary N) is 1. The van der Waals surface area contributed by atoms with E-state index in [9.17, 15) is 22.0 Å². The van der Waals surface area contributed by atoms with E-state index in [4.69, 9.17) is 11.6 Å². The highest BCUT2D eigenvalue weighted by molar-refractivity contribution is 7.92. The third kappa shape index (κ3) is 4.95. The van der Waals surface area contributed by atoms with Crippen molar-refractivity contribution in [2.45, 2.75) is 26.3 Å². The number of nitrogens with zero attached hydrogens (tertiary/aromatic N) is 1. The zero-order valence-corrected chi connectivity index (χ0v) is 16.5. The zero-order chi connectivity index (χ0) is 20.4. The Balaban J connectivity index is 2.44. The third-order valence-corrected chi connectivity index (χ3v) is 5.33. The van der Waals surface area contributed by atoms with Crippen LogP contribution in [0.15, 0.2) is 36.4 Å². The summed E-state index contributed by atoms with van der Waals surface area (Å²) in [5.41, 5.74) is 0.912. The van der Waals surface area contributed by atoms with Crippen LogP contribution in [0, 0.1) is 18.6 Å². The number of anilines is 2.